The van der Waals surface area contributed by atoms with E-state index in [0.717, 1.165) is 25.0 Å². The lowest BCUT2D eigenvalue weighted by molar-refractivity contribution is 0.995. The normalized spacial score (nSPS) is 10.2. The molecule has 1 heteroatoms. The average molecular weight is 189 g/mol. The van der Waals surface area contributed by atoms with E-state index in [2.05, 4.69) is 32.0 Å². The van der Waals surface area contributed by atoms with Crippen LogP contribution in [0.15, 0.2) is 18.2 Å². The summed E-state index contributed by atoms with van der Waals surface area (Å²) >= 11 is 0. The first-order chi connectivity index (χ1) is 6.63. The Balaban J connectivity index is 2.78. The Labute approximate surface area is 86.7 Å². The minimum Gasteiger partial charge on any atom is -0.310 e. The first-order valence-corrected chi connectivity index (χ1v) is 5.26. The quantitative estimate of drug-likeness (QED) is 0.701. The number of aryl methyl sites for hydroxylation is 3. The molecule has 1 rings (SSSR count). The van der Waals surface area contributed by atoms with E-state index < -0.39 is 0 Å². The molecule has 0 spiro atoms. The van der Waals surface area contributed by atoms with Crippen molar-refractivity contribution in [3.8, 4) is 0 Å². The van der Waals surface area contributed by atoms with E-state index >= 15 is 0 Å². The van der Waals surface area contributed by atoms with Gasteiger partial charge in [0.05, 0.1) is 0 Å². The first kappa shape index (κ1) is 11.0. The fraction of sp³-hybridized carbons (Fsp3) is 0.462. The van der Waals surface area contributed by atoms with Gasteiger partial charge >= 0.3 is 0 Å². The molecule has 0 aliphatic heterocycles. The van der Waals surface area contributed by atoms with E-state index in [1.807, 2.05) is 6.92 Å². The van der Waals surface area contributed by atoms with Gasteiger partial charge < -0.3 is 5.41 Å². The molecule has 1 N–H and O–H groups in total. The highest BCUT2D eigenvalue weighted by atomic mass is 14.4. The third-order valence-corrected chi connectivity index (χ3v) is 2.59. The topological polar surface area (TPSA) is 23.9 Å². The molecule has 0 atom stereocenters. The zero-order valence-electron chi connectivity index (χ0n) is 9.35. The SMILES string of the molecule is CCc1ccc(C)c(CCC(C)=N)c1. The van der Waals surface area contributed by atoms with Gasteiger partial charge in [-0.05, 0) is 49.8 Å². The van der Waals surface area contributed by atoms with Crippen LogP contribution >= 0.6 is 0 Å². The van der Waals surface area contributed by atoms with Crippen LogP contribution in [0.4, 0.5) is 0 Å². The van der Waals surface area contributed by atoms with Crippen LogP contribution in [-0.2, 0) is 12.8 Å². The molecule has 1 aromatic carbocycles. The van der Waals surface area contributed by atoms with Crippen LogP contribution in [0.3, 0.4) is 0 Å². The zero-order chi connectivity index (χ0) is 10.6. The Hall–Kier alpha value is -1.11. The molecule has 0 saturated carbocycles. The fourth-order valence-electron chi connectivity index (χ4n) is 1.54. The molecular weight excluding hydrogens is 170 g/mol. The molecule has 0 unspecified atom stereocenters. The van der Waals surface area contributed by atoms with Gasteiger partial charge in [0, 0.05) is 5.71 Å². The predicted molar refractivity (Wildman–Crippen MR) is 62.3 cm³/mol. The van der Waals surface area contributed by atoms with Crippen molar-refractivity contribution in [2.45, 2.75) is 40.0 Å². The molecule has 76 valence electrons. The van der Waals surface area contributed by atoms with Gasteiger partial charge in [0.15, 0.2) is 0 Å². The van der Waals surface area contributed by atoms with Crippen LogP contribution in [0.25, 0.3) is 0 Å². The van der Waals surface area contributed by atoms with Crippen LogP contribution in [0.1, 0.15) is 37.0 Å². The summed E-state index contributed by atoms with van der Waals surface area (Å²) in [7, 11) is 0. The number of nitrogens with one attached hydrogen (secondary N) is 1. The Bertz CT molecular complexity index is 326. The molecule has 0 aromatic heterocycles. The van der Waals surface area contributed by atoms with Crippen LogP contribution in [0.5, 0.6) is 0 Å². The Kier molecular flexibility index (Phi) is 3.87. The van der Waals surface area contributed by atoms with Crippen LogP contribution in [0, 0.1) is 12.3 Å². The number of benzene rings is 1. The second kappa shape index (κ2) is 4.94. The van der Waals surface area contributed by atoms with Gasteiger partial charge in [0.2, 0.25) is 0 Å². The third kappa shape index (κ3) is 2.99. The molecule has 1 aromatic rings. The van der Waals surface area contributed by atoms with Gasteiger partial charge in [0.1, 0.15) is 0 Å². The summed E-state index contributed by atoms with van der Waals surface area (Å²) in [5.74, 6) is 0. The summed E-state index contributed by atoms with van der Waals surface area (Å²) in [5.41, 5.74) is 4.92. The molecule has 0 bridgehead atoms. The maximum atomic E-state index is 7.41. The van der Waals surface area contributed by atoms with Gasteiger partial charge in [-0.1, -0.05) is 25.1 Å². The van der Waals surface area contributed by atoms with Crippen molar-refractivity contribution in [2.75, 3.05) is 0 Å². The third-order valence-electron chi connectivity index (χ3n) is 2.59. The molecule has 0 fully saturated rings. The van der Waals surface area contributed by atoms with Crippen molar-refractivity contribution in [1.29, 1.82) is 5.41 Å². The second-order valence-corrected chi connectivity index (χ2v) is 3.89. The number of hydrogen-bond donors (Lipinski definition) is 1. The van der Waals surface area contributed by atoms with E-state index in [-0.39, 0.29) is 0 Å². The zero-order valence-corrected chi connectivity index (χ0v) is 9.35. The van der Waals surface area contributed by atoms with Gasteiger partial charge in [-0.2, -0.15) is 0 Å². The van der Waals surface area contributed by atoms with Gasteiger partial charge in [-0.3, -0.25) is 0 Å². The molecule has 0 aliphatic rings. The molecule has 0 amide bonds. The summed E-state index contributed by atoms with van der Waals surface area (Å²) in [4.78, 5) is 0. The van der Waals surface area contributed by atoms with Gasteiger partial charge in [-0.15, -0.1) is 0 Å². The Morgan fingerprint density at radius 2 is 2.07 bits per heavy atom. The van der Waals surface area contributed by atoms with E-state index in [9.17, 15) is 0 Å². The summed E-state index contributed by atoms with van der Waals surface area (Å²) < 4.78 is 0. The summed E-state index contributed by atoms with van der Waals surface area (Å²) in [5, 5.41) is 7.41. The van der Waals surface area contributed by atoms with Gasteiger partial charge in [0.25, 0.3) is 0 Å². The highest BCUT2D eigenvalue weighted by Crippen LogP contribution is 2.13. The second-order valence-electron chi connectivity index (χ2n) is 3.89. The van der Waals surface area contributed by atoms with Crippen LogP contribution in [-0.4, -0.2) is 5.71 Å². The lowest BCUT2D eigenvalue weighted by atomic mass is 9.99. The Morgan fingerprint density at radius 1 is 1.36 bits per heavy atom. The number of rotatable bonds is 4. The standard InChI is InChI=1S/C13H19N/c1-4-12-7-5-10(2)13(9-12)8-6-11(3)14/h5,7,9,14H,4,6,8H2,1-3H3. The van der Waals surface area contributed by atoms with Crippen molar-refractivity contribution in [3.05, 3.63) is 34.9 Å². The average Bonchev–Trinajstić information content (AvgIpc) is 2.16. The van der Waals surface area contributed by atoms with E-state index in [1.165, 1.54) is 16.7 Å². The molecule has 0 radical (unpaired) electrons. The minimum atomic E-state index is 0.770. The Morgan fingerprint density at radius 3 is 2.64 bits per heavy atom. The van der Waals surface area contributed by atoms with E-state index in [1.54, 1.807) is 0 Å². The smallest absolute Gasteiger partial charge is 0.00615 e. The van der Waals surface area contributed by atoms with Crippen molar-refractivity contribution in [3.63, 3.8) is 0 Å². The highest BCUT2D eigenvalue weighted by Gasteiger charge is 2.00. The number of hydrogen-bond acceptors (Lipinski definition) is 1. The van der Waals surface area contributed by atoms with Crippen molar-refractivity contribution in [1.82, 2.24) is 0 Å². The van der Waals surface area contributed by atoms with E-state index in [0.29, 0.717) is 0 Å². The molecule has 0 heterocycles. The highest BCUT2D eigenvalue weighted by molar-refractivity contribution is 5.78. The predicted octanol–water partition coefficient (Wildman–Crippen LogP) is 3.53. The largest absolute Gasteiger partial charge is 0.310 e. The van der Waals surface area contributed by atoms with Crippen LogP contribution < -0.4 is 0 Å². The van der Waals surface area contributed by atoms with Crippen molar-refractivity contribution in [2.24, 2.45) is 0 Å². The van der Waals surface area contributed by atoms with Crippen molar-refractivity contribution < 1.29 is 0 Å². The molecule has 0 aliphatic carbocycles. The monoisotopic (exact) mass is 189 g/mol. The maximum Gasteiger partial charge on any atom is 0.00615 e. The van der Waals surface area contributed by atoms with Crippen LogP contribution in [0.2, 0.25) is 0 Å². The fourth-order valence-corrected chi connectivity index (χ4v) is 1.54. The maximum absolute atomic E-state index is 7.41. The summed E-state index contributed by atoms with van der Waals surface area (Å²) in [6.45, 7) is 6.20. The molecule has 0 saturated heterocycles. The molecule has 1 nitrogen and oxygen atoms in total. The first-order valence-electron chi connectivity index (χ1n) is 5.26. The van der Waals surface area contributed by atoms with E-state index in [4.69, 9.17) is 5.41 Å². The molecule has 14 heavy (non-hydrogen) atoms. The summed E-state index contributed by atoms with van der Waals surface area (Å²) in [6.07, 6.45) is 2.99. The van der Waals surface area contributed by atoms with Crippen molar-refractivity contribution >= 4 is 5.71 Å². The van der Waals surface area contributed by atoms with Gasteiger partial charge in [-0.25, -0.2) is 0 Å². The lowest BCUT2D eigenvalue weighted by Crippen LogP contribution is -1.96. The molecular formula is C13H19N. The minimum absolute atomic E-state index is 0.770. The lowest BCUT2D eigenvalue weighted by Gasteiger charge is -2.07. The summed E-state index contributed by atoms with van der Waals surface area (Å²) in [6, 6.07) is 6.65.